The second-order valence-electron chi connectivity index (χ2n) is 8.66. The van der Waals surface area contributed by atoms with Crippen molar-refractivity contribution in [3.8, 4) is 17.1 Å². The van der Waals surface area contributed by atoms with Crippen LogP contribution in [0.4, 0.5) is 5.69 Å². The minimum atomic E-state index is -0.944. The van der Waals surface area contributed by atoms with E-state index in [0.717, 1.165) is 40.5 Å². The Bertz CT molecular complexity index is 1120. The molecule has 0 aliphatic rings. The van der Waals surface area contributed by atoms with E-state index in [1.165, 1.54) is 0 Å². The molecular weight excluding hydrogens is 432 g/mol. The number of carboxylic acids is 1. The SMILES string of the molecule is COc1cccc(-c2cc(C(CC(C)C)Nc3ccc(C(=O)NCCC(=O)O)cc3)c(C)o2)c1. The minimum Gasteiger partial charge on any atom is -0.497 e. The van der Waals surface area contributed by atoms with Crippen molar-refractivity contribution in [2.24, 2.45) is 5.92 Å². The molecule has 3 aromatic rings. The van der Waals surface area contributed by atoms with Gasteiger partial charge in [-0.3, -0.25) is 9.59 Å². The highest BCUT2D eigenvalue weighted by Gasteiger charge is 2.20. The number of rotatable bonds is 11. The summed E-state index contributed by atoms with van der Waals surface area (Å²) in [5.41, 5.74) is 3.41. The number of amides is 1. The van der Waals surface area contributed by atoms with Crippen LogP contribution in [-0.4, -0.2) is 30.6 Å². The van der Waals surface area contributed by atoms with E-state index in [9.17, 15) is 9.59 Å². The summed E-state index contributed by atoms with van der Waals surface area (Å²) in [5.74, 6) is 1.63. The van der Waals surface area contributed by atoms with Crippen molar-refractivity contribution in [1.29, 1.82) is 0 Å². The largest absolute Gasteiger partial charge is 0.497 e. The Labute approximate surface area is 200 Å². The Morgan fingerprint density at radius 2 is 1.82 bits per heavy atom. The third kappa shape index (κ3) is 6.63. The van der Waals surface area contributed by atoms with E-state index >= 15 is 0 Å². The fourth-order valence-electron chi connectivity index (χ4n) is 3.80. The normalized spacial score (nSPS) is 11.8. The number of benzene rings is 2. The van der Waals surface area contributed by atoms with E-state index in [4.69, 9.17) is 14.3 Å². The quantitative estimate of drug-likeness (QED) is 0.338. The lowest BCUT2D eigenvalue weighted by Crippen LogP contribution is -2.25. The molecule has 3 rings (SSSR count). The van der Waals surface area contributed by atoms with Gasteiger partial charge in [0.15, 0.2) is 0 Å². The highest BCUT2D eigenvalue weighted by Crippen LogP contribution is 2.34. The van der Waals surface area contributed by atoms with E-state index in [2.05, 4.69) is 30.5 Å². The van der Waals surface area contributed by atoms with Gasteiger partial charge in [0.1, 0.15) is 17.3 Å². The number of furan rings is 1. The van der Waals surface area contributed by atoms with Gasteiger partial charge in [0.25, 0.3) is 5.91 Å². The third-order valence-corrected chi connectivity index (χ3v) is 5.51. The first-order valence-electron chi connectivity index (χ1n) is 11.4. The summed E-state index contributed by atoms with van der Waals surface area (Å²) in [7, 11) is 1.64. The first-order valence-corrected chi connectivity index (χ1v) is 11.4. The van der Waals surface area contributed by atoms with E-state index in [1.807, 2.05) is 43.3 Å². The van der Waals surface area contributed by atoms with Crippen molar-refractivity contribution in [1.82, 2.24) is 5.32 Å². The maximum Gasteiger partial charge on any atom is 0.305 e. The lowest BCUT2D eigenvalue weighted by atomic mass is 9.96. The number of nitrogens with one attached hydrogen (secondary N) is 2. The minimum absolute atomic E-state index is 0.0263. The number of carbonyl (C=O) groups excluding carboxylic acids is 1. The van der Waals surface area contributed by atoms with Crippen LogP contribution in [0.3, 0.4) is 0 Å². The molecule has 34 heavy (non-hydrogen) atoms. The number of carbonyl (C=O) groups is 2. The van der Waals surface area contributed by atoms with Crippen molar-refractivity contribution in [2.45, 2.75) is 39.7 Å². The molecule has 0 aliphatic carbocycles. The Morgan fingerprint density at radius 3 is 2.47 bits per heavy atom. The second-order valence-corrected chi connectivity index (χ2v) is 8.66. The molecule has 1 amide bonds. The van der Waals surface area contributed by atoms with Crippen LogP contribution in [-0.2, 0) is 4.79 Å². The van der Waals surface area contributed by atoms with Gasteiger partial charge in [-0.05, 0) is 61.7 Å². The molecule has 0 fully saturated rings. The number of carboxylic acid groups (broad SMARTS) is 1. The fourth-order valence-corrected chi connectivity index (χ4v) is 3.80. The Kier molecular flexibility index (Phi) is 8.35. The van der Waals surface area contributed by atoms with Crippen LogP contribution >= 0.6 is 0 Å². The van der Waals surface area contributed by atoms with Crippen LogP contribution in [0.1, 0.15) is 54.4 Å². The summed E-state index contributed by atoms with van der Waals surface area (Å²) in [6, 6.07) is 17.1. The zero-order valence-electron chi connectivity index (χ0n) is 20.1. The molecule has 180 valence electrons. The van der Waals surface area contributed by atoms with Gasteiger partial charge in [0.2, 0.25) is 0 Å². The molecule has 1 atom stereocenters. The third-order valence-electron chi connectivity index (χ3n) is 5.51. The number of aryl methyl sites for hydroxylation is 1. The van der Waals surface area contributed by atoms with Crippen LogP contribution in [0.25, 0.3) is 11.3 Å². The lowest BCUT2D eigenvalue weighted by molar-refractivity contribution is -0.136. The predicted molar refractivity (Wildman–Crippen MR) is 132 cm³/mol. The number of ether oxygens (including phenoxy) is 1. The molecular formula is C27H32N2O5. The number of anilines is 1. The molecule has 0 spiro atoms. The molecule has 2 aromatic carbocycles. The molecule has 0 saturated heterocycles. The molecule has 1 unspecified atom stereocenters. The summed E-state index contributed by atoms with van der Waals surface area (Å²) >= 11 is 0. The molecule has 3 N–H and O–H groups in total. The fraction of sp³-hybridized carbons (Fsp3) is 0.333. The number of hydrogen-bond acceptors (Lipinski definition) is 5. The van der Waals surface area contributed by atoms with Crippen molar-refractivity contribution in [3.05, 3.63) is 71.5 Å². The van der Waals surface area contributed by atoms with Gasteiger partial charge in [-0.25, -0.2) is 0 Å². The molecule has 7 nitrogen and oxygen atoms in total. The molecule has 0 radical (unpaired) electrons. The van der Waals surface area contributed by atoms with Gasteiger partial charge in [0, 0.05) is 28.9 Å². The van der Waals surface area contributed by atoms with Crippen LogP contribution < -0.4 is 15.4 Å². The topological polar surface area (TPSA) is 101 Å². The Morgan fingerprint density at radius 1 is 1.09 bits per heavy atom. The van der Waals surface area contributed by atoms with Crippen molar-refractivity contribution in [3.63, 3.8) is 0 Å². The molecule has 1 heterocycles. The molecule has 0 aliphatic heterocycles. The maximum absolute atomic E-state index is 12.2. The lowest BCUT2D eigenvalue weighted by Gasteiger charge is -2.21. The van der Waals surface area contributed by atoms with Gasteiger partial charge < -0.3 is 24.9 Å². The van der Waals surface area contributed by atoms with Crippen molar-refractivity contribution in [2.75, 3.05) is 19.0 Å². The summed E-state index contributed by atoms with van der Waals surface area (Å²) in [6.07, 6.45) is 0.791. The van der Waals surface area contributed by atoms with E-state index in [0.29, 0.717) is 11.5 Å². The monoisotopic (exact) mass is 464 g/mol. The second kappa shape index (κ2) is 11.4. The van der Waals surface area contributed by atoms with Gasteiger partial charge in [-0.15, -0.1) is 0 Å². The average Bonchev–Trinajstić information content (AvgIpc) is 3.20. The molecule has 7 heteroatoms. The van der Waals surface area contributed by atoms with Crippen LogP contribution in [0, 0.1) is 12.8 Å². The van der Waals surface area contributed by atoms with E-state index < -0.39 is 5.97 Å². The highest BCUT2D eigenvalue weighted by molar-refractivity contribution is 5.94. The van der Waals surface area contributed by atoms with Crippen LogP contribution in [0.15, 0.2) is 59.0 Å². The highest BCUT2D eigenvalue weighted by atomic mass is 16.5. The smallest absolute Gasteiger partial charge is 0.305 e. The number of methoxy groups -OCH3 is 1. The van der Waals surface area contributed by atoms with E-state index in [1.54, 1.807) is 19.2 Å². The van der Waals surface area contributed by atoms with Crippen LogP contribution in [0.2, 0.25) is 0 Å². The number of hydrogen-bond donors (Lipinski definition) is 3. The maximum atomic E-state index is 12.2. The first-order chi connectivity index (χ1) is 16.3. The Hall–Kier alpha value is -3.74. The summed E-state index contributed by atoms with van der Waals surface area (Å²) < 4.78 is 11.5. The van der Waals surface area contributed by atoms with Crippen molar-refractivity contribution < 1.29 is 23.8 Å². The van der Waals surface area contributed by atoms with Gasteiger partial charge >= 0.3 is 5.97 Å². The summed E-state index contributed by atoms with van der Waals surface area (Å²) in [4.78, 5) is 22.8. The molecule has 1 aromatic heterocycles. The Balaban J connectivity index is 1.77. The average molecular weight is 465 g/mol. The standard InChI is InChI=1S/C27H32N2O5/c1-17(2)14-24(23-16-25(34-18(23)3)20-6-5-7-22(15-20)33-4)29-21-10-8-19(9-11-21)27(32)28-13-12-26(30)31/h5-11,15-17,24,29H,12-14H2,1-4H3,(H,28,32)(H,30,31). The summed E-state index contributed by atoms with van der Waals surface area (Å²) in [6.45, 7) is 6.42. The van der Waals surface area contributed by atoms with Gasteiger partial charge in [-0.1, -0.05) is 26.0 Å². The zero-order chi connectivity index (χ0) is 24.7. The number of aliphatic carboxylic acids is 1. The van der Waals surface area contributed by atoms with E-state index in [-0.39, 0.29) is 24.9 Å². The van der Waals surface area contributed by atoms with Crippen molar-refractivity contribution >= 4 is 17.6 Å². The van der Waals surface area contributed by atoms with Gasteiger partial charge in [0.05, 0.1) is 19.6 Å². The zero-order valence-corrected chi connectivity index (χ0v) is 20.1. The molecule has 0 saturated carbocycles. The predicted octanol–water partition coefficient (Wildman–Crippen LogP) is 5.67. The first kappa shape index (κ1) is 24.9. The molecule has 0 bridgehead atoms. The summed E-state index contributed by atoms with van der Waals surface area (Å²) in [5, 5.41) is 14.9. The van der Waals surface area contributed by atoms with Crippen LogP contribution in [0.5, 0.6) is 5.75 Å². The van der Waals surface area contributed by atoms with Gasteiger partial charge in [-0.2, -0.15) is 0 Å².